The fraction of sp³-hybridized carbons (Fsp3) is 0.591. The number of nitrogens with one attached hydrogen (secondary N) is 1. The zero-order valence-electron chi connectivity index (χ0n) is 17.5. The molecule has 0 saturated carbocycles. The Balaban J connectivity index is 0.000000960. The van der Waals surface area contributed by atoms with Crippen molar-refractivity contribution in [3.63, 3.8) is 0 Å². The van der Waals surface area contributed by atoms with Crippen molar-refractivity contribution in [2.24, 2.45) is 0 Å². The van der Waals surface area contributed by atoms with Crippen LogP contribution in [-0.4, -0.2) is 26.9 Å². The fourth-order valence-electron chi connectivity index (χ4n) is 3.06. The number of nitrogens with zero attached hydrogens (tertiary/aromatic N) is 2. The topological polar surface area (TPSA) is 101 Å². The number of hydrogen-bond donors (Lipinski definition) is 2. The zero-order chi connectivity index (χ0) is 21.2. The van der Waals surface area contributed by atoms with Gasteiger partial charge >= 0.3 is 0 Å². The number of aromatic amines is 1. The number of ether oxygens (including phenoxy) is 1. The Morgan fingerprint density at radius 1 is 1.00 bits per heavy atom. The van der Waals surface area contributed by atoms with Crippen molar-refractivity contribution in [3.8, 4) is 5.88 Å². The molecule has 0 radical (unpaired) electrons. The van der Waals surface area contributed by atoms with Gasteiger partial charge in [-0.15, -0.1) is 10.1 Å². The van der Waals surface area contributed by atoms with Crippen LogP contribution >= 0.6 is 0 Å². The maximum atomic E-state index is 8.36. The lowest BCUT2D eigenvalue weighted by atomic mass is 10.1. The average molecular weight is 406 g/mol. The van der Waals surface area contributed by atoms with E-state index in [2.05, 4.69) is 41.2 Å². The molecule has 162 valence electrons. The Morgan fingerprint density at radius 3 is 2.14 bits per heavy atom. The first-order valence-corrected chi connectivity index (χ1v) is 10.7. The molecule has 7 heteroatoms. The van der Waals surface area contributed by atoms with Gasteiger partial charge in [-0.3, -0.25) is 0 Å². The third-order valence-electron chi connectivity index (χ3n) is 4.57. The monoisotopic (exact) mass is 405 g/mol. The van der Waals surface area contributed by atoms with Crippen molar-refractivity contribution in [1.29, 1.82) is 0 Å². The highest BCUT2D eigenvalue weighted by atomic mass is 16.9. The van der Waals surface area contributed by atoms with E-state index in [-0.39, 0.29) is 0 Å². The van der Waals surface area contributed by atoms with E-state index in [1.165, 1.54) is 63.4 Å². The predicted molar refractivity (Wildman–Crippen MR) is 114 cm³/mol. The van der Waals surface area contributed by atoms with Crippen molar-refractivity contribution >= 4 is 0 Å². The molecule has 0 atom stereocenters. The predicted octanol–water partition coefficient (Wildman–Crippen LogP) is 5.95. The normalized spacial score (nSPS) is 10.2. The van der Waals surface area contributed by atoms with Crippen molar-refractivity contribution < 1.29 is 15.0 Å². The molecule has 2 aromatic rings. The Kier molecular flexibility index (Phi) is 13.8. The quantitative estimate of drug-likeness (QED) is 0.230. The molecule has 0 bridgehead atoms. The molecule has 29 heavy (non-hydrogen) atoms. The Bertz CT molecular complexity index is 643. The summed E-state index contributed by atoms with van der Waals surface area (Å²) in [5.41, 5.74) is 1.26. The minimum absolute atomic E-state index is 0.724. The Labute approximate surface area is 173 Å². The molecular weight excluding hydrogens is 370 g/mol. The molecule has 0 spiro atoms. The average Bonchev–Trinajstić information content (AvgIpc) is 3.13. The van der Waals surface area contributed by atoms with E-state index >= 15 is 0 Å². The van der Waals surface area contributed by atoms with Crippen LogP contribution in [0.15, 0.2) is 36.5 Å². The molecule has 1 heterocycles. The van der Waals surface area contributed by atoms with E-state index in [1.54, 1.807) is 0 Å². The summed E-state index contributed by atoms with van der Waals surface area (Å²) in [6.07, 6.45) is 16.2. The van der Waals surface area contributed by atoms with Gasteiger partial charge in [0.15, 0.2) is 0 Å². The minimum Gasteiger partial charge on any atom is -0.477 e. The lowest BCUT2D eigenvalue weighted by molar-refractivity contribution is -0.742. The number of benzene rings is 1. The zero-order valence-corrected chi connectivity index (χ0v) is 17.5. The van der Waals surface area contributed by atoms with Crippen LogP contribution in [0.1, 0.15) is 82.5 Å². The van der Waals surface area contributed by atoms with E-state index in [1.807, 2.05) is 12.3 Å². The molecule has 0 amide bonds. The second-order valence-electron chi connectivity index (χ2n) is 7.12. The highest BCUT2D eigenvalue weighted by Gasteiger charge is 2.03. The summed E-state index contributed by atoms with van der Waals surface area (Å²) in [6, 6.07) is 10.4. The first-order valence-electron chi connectivity index (χ1n) is 10.7. The fourth-order valence-corrected chi connectivity index (χ4v) is 3.06. The standard InChI is InChI=1S/C22H34N2O.HNO3/c1-2-3-4-5-6-7-8-9-10-14-17-25-22-19-23-21(24-22)18-20-15-12-11-13-16-20;2-1(3)4/h11-13,15-16,19H,2-10,14,17-18H2,1H3,(H,23,24);(H,2,3,4). The summed E-state index contributed by atoms with van der Waals surface area (Å²) in [5.74, 6) is 1.69. The molecule has 0 fully saturated rings. The number of H-pyrrole nitrogens is 1. The molecule has 0 aliphatic carbocycles. The van der Waals surface area contributed by atoms with Gasteiger partial charge in [0, 0.05) is 6.42 Å². The van der Waals surface area contributed by atoms with Crippen LogP contribution in [0.2, 0.25) is 0 Å². The van der Waals surface area contributed by atoms with Gasteiger partial charge in [0.25, 0.3) is 5.09 Å². The van der Waals surface area contributed by atoms with Crippen LogP contribution in [0.25, 0.3) is 0 Å². The number of unbranched alkanes of at least 4 members (excludes halogenated alkanes) is 9. The summed E-state index contributed by atoms with van der Waals surface area (Å²) in [5, 5.41) is 13.6. The van der Waals surface area contributed by atoms with Gasteiger partial charge < -0.3 is 14.9 Å². The second kappa shape index (κ2) is 16.4. The number of rotatable bonds is 14. The van der Waals surface area contributed by atoms with Gasteiger partial charge in [-0.2, -0.15) is 4.98 Å². The Morgan fingerprint density at radius 2 is 1.55 bits per heavy atom. The van der Waals surface area contributed by atoms with Crippen LogP contribution in [0.3, 0.4) is 0 Å². The van der Waals surface area contributed by atoms with Crippen molar-refractivity contribution in [1.82, 2.24) is 9.97 Å². The first kappa shape index (κ1) is 24.5. The summed E-state index contributed by atoms with van der Waals surface area (Å²) in [4.78, 5) is 16.1. The Hall–Kier alpha value is -2.57. The molecular formula is C22H35N3O4. The first-order chi connectivity index (χ1) is 14.1. The van der Waals surface area contributed by atoms with E-state index in [0.29, 0.717) is 0 Å². The number of imidazole rings is 1. The van der Waals surface area contributed by atoms with Crippen LogP contribution < -0.4 is 4.74 Å². The highest BCUT2D eigenvalue weighted by molar-refractivity contribution is 5.20. The van der Waals surface area contributed by atoms with Crippen molar-refractivity contribution in [2.45, 2.75) is 77.6 Å². The van der Waals surface area contributed by atoms with Crippen molar-refractivity contribution in [2.75, 3.05) is 6.61 Å². The minimum atomic E-state index is -1.50. The third-order valence-corrected chi connectivity index (χ3v) is 4.57. The van der Waals surface area contributed by atoms with Gasteiger partial charge in [0.1, 0.15) is 5.82 Å². The van der Waals surface area contributed by atoms with Gasteiger partial charge in [0.2, 0.25) is 5.88 Å². The van der Waals surface area contributed by atoms with Crippen LogP contribution in [0.5, 0.6) is 5.88 Å². The van der Waals surface area contributed by atoms with Gasteiger partial charge in [-0.05, 0) is 12.0 Å². The van der Waals surface area contributed by atoms with Gasteiger partial charge in [0.05, 0.1) is 12.8 Å². The summed E-state index contributed by atoms with van der Waals surface area (Å²) < 4.78 is 5.75. The molecule has 7 nitrogen and oxygen atoms in total. The summed E-state index contributed by atoms with van der Waals surface area (Å²) >= 11 is 0. The number of aromatic nitrogens is 2. The maximum absolute atomic E-state index is 8.36. The van der Waals surface area contributed by atoms with Crippen LogP contribution in [0, 0.1) is 10.1 Å². The highest BCUT2D eigenvalue weighted by Crippen LogP contribution is 2.13. The molecule has 0 unspecified atom stereocenters. The van der Waals surface area contributed by atoms with E-state index < -0.39 is 5.09 Å². The number of hydrogen-bond acceptors (Lipinski definition) is 4. The van der Waals surface area contributed by atoms with Crippen LogP contribution in [-0.2, 0) is 6.42 Å². The van der Waals surface area contributed by atoms with E-state index in [0.717, 1.165) is 31.2 Å². The smallest absolute Gasteiger partial charge is 0.291 e. The van der Waals surface area contributed by atoms with E-state index in [9.17, 15) is 0 Å². The van der Waals surface area contributed by atoms with E-state index in [4.69, 9.17) is 20.1 Å². The molecule has 2 N–H and O–H groups in total. The molecule has 0 saturated heterocycles. The van der Waals surface area contributed by atoms with Crippen LogP contribution in [0.4, 0.5) is 0 Å². The second-order valence-corrected chi connectivity index (χ2v) is 7.12. The lowest BCUT2D eigenvalue weighted by Gasteiger charge is -2.03. The maximum Gasteiger partial charge on any atom is 0.291 e. The van der Waals surface area contributed by atoms with Gasteiger partial charge in [-0.1, -0.05) is 95.0 Å². The lowest BCUT2D eigenvalue weighted by Crippen LogP contribution is -1.98. The molecule has 1 aromatic carbocycles. The molecule has 0 aliphatic heterocycles. The largest absolute Gasteiger partial charge is 0.477 e. The SMILES string of the molecule is CCCCCCCCCCCCOc1c[nH]c(Cc2ccccc2)n1.O=[N+]([O-])O. The van der Waals surface area contributed by atoms with Crippen molar-refractivity contribution in [3.05, 3.63) is 58.0 Å². The summed E-state index contributed by atoms with van der Waals surface area (Å²) in [6.45, 7) is 3.04. The molecule has 2 rings (SSSR count). The third kappa shape index (κ3) is 14.1. The molecule has 0 aliphatic rings. The van der Waals surface area contributed by atoms with Gasteiger partial charge in [-0.25, -0.2) is 0 Å². The molecule has 1 aromatic heterocycles. The summed E-state index contributed by atoms with van der Waals surface area (Å²) in [7, 11) is 0.